The number of hydrogen-bond acceptors (Lipinski definition) is 3. The monoisotopic (exact) mass is 221 g/mol. The van der Waals surface area contributed by atoms with Crippen LogP contribution in [0.5, 0.6) is 0 Å². The summed E-state index contributed by atoms with van der Waals surface area (Å²) in [7, 11) is 0. The molecule has 1 aromatic heterocycles. The highest BCUT2D eigenvalue weighted by Crippen LogP contribution is 2.22. The number of rotatable bonds is 4. The van der Waals surface area contributed by atoms with Crippen molar-refractivity contribution in [2.75, 3.05) is 6.54 Å². The van der Waals surface area contributed by atoms with Gasteiger partial charge in [-0.3, -0.25) is 9.69 Å². The minimum atomic E-state index is 0.431. The van der Waals surface area contributed by atoms with Crippen molar-refractivity contribution in [1.29, 1.82) is 0 Å². The molecule has 88 valence electrons. The second kappa shape index (κ2) is 5.30. The lowest BCUT2D eigenvalue weighted by Gasteiger charge is -2.34. The molecular weight excluding hydrogens is 202 g/mol. The maximum atomic E-state index is 10.5. The lowest BCUT2D eigenvalue weighted by molar-refractivity contribution is 0.108. The van der Waals surface area contributed by atoms with Crippen LogP contribution >= 0.6 is 0 Å². The molecule has 2 heterocycles. The van der Waals surface area contributed by atoms with Gasteiger partial charge in [-0.1, -0.05) is 13.3 Å². The first-order valence-corrected chi connectivity index (χ1v) is 6.11. The Morgan fingerprint density at radius 3 is 3.06 bits per heavy atom. The Morgan fingerprint density at radius 1 is 1.50 bits per heavy atom. The molecule has 1 aliphatic rings. The van der Waals surface area contributed by atoms with Gasteiger partial charge >= 0.3 is 0 Å². The molecule has 3 nitrogen and oxygen atoms in total. The van der Waals surface area contributed by atoms with Crippen LogP contribution in [0, 0.1) is 0 Å². The van der Waals surface area contributed by atoms with Gasteiger partial charge in [0.1, 0.15) is 5.76 Å². The van der Waals surface area contributed by atoms with E-state index in [0.717, 1.165) is 25.1 Å². The number of hydrogen-bond donors (Lipinski definition) is 0. The molecule has 2 rings (SSSR count). The summed E-state index contributed by atoms with van der Waals surface area (Å²) in [5.74, 6) is 1.34. The van der Waals surface area contributed by atoms with Crippen LogP contribution in [0.25, 0.3) is 0 Å². The van der Waals surface area contributed by atoms with Gasteiger partial charge in [0.05, 0.1) is 6.54 Å². The van der Waals surface area contributed by atoms with Crippen LogP contribution in [0.1, 0.15) is 48.9 Å². The Kier molecular flexibility index (Phi) is 3.78. The number of likely N-dealkylation sites (tertiary alicyclic amines) is 1. The van der Waals surface area contributed by atoms with Crippen LogP contribution in [-0.2, 0) is 6.54 Å². The predicted octanol–water partition coefficient (Wildman–Crippen LogP) is 2.86. The summed E-state index contributed by atoms with van der Waals surface area (Å²) in [4.78, 5) is 13.0. The fourth-order valence-electron chi connectivity index (χ4n) is 2.47. The van der Waals surface area contributed by atoms with Crippen molar-refractivity contribution in [1.82, 2.24) is 4.90 Å². The molecule has 0 bridgehead atoms. The first-order chi connectivity index (χ1) is 7.83. The second-order valence-electron chi connectivity index (χ2n) is 4.45. The molecule has 1 fully saturated rings. The molecule has 0 radical (unpaired) electrons. The smallest absolute Gasteiger partial charge is 0.185 e. The number of aldehydes is 1. The minimum absolute atomic E-state index is 0.431. The Hall–Kier alpha value is -1.09. The van der Waals surface area contributed by atoms with Gasteiger partial charge in [0.25, 0.3) is 0 Å². The van der Waals surface area contributed by atoms with Gasteiger partial charge in [0.15, 0.2) is 12.0 Å². The molecule has 1 aromatic rings. The highest BCUT2D eigenvalue weighted by molar-refractivity contribution is 5.70. The van der Waals surface area contributed by atoms with E-state index < -0.39 is 0 Å². The summed E-state index contributed by atoms with van der Waals surface area (Å²) >= 11 is 0. The molecule has 0 N–H and O–H groups in total. The van der Waals surface area contributed by atoms with E-state index in [1.807, 2.05) is 6.07 Å². The molecule has 0 amide bonds. The molecule has 1 atom stereocenters. The van der Waals surface area contributed by atoms with Crippen LogP contribution in [0.15, 0.2) is 16.5 Å². The quantitative estimate of drug-likeness (QED) is 0.733. The van der Waals surface area contributed by atoms with E-state index in [0.29, 0.717) is 11.8 Å². The molecule has 0 aliphatic carbocycles. The predicted molar refractivity (Wildman–Crippen MR) is 62.4 cm³/mol. The normalized spacial score (nSPS) is 22.2. The number of nitrogens with zero attached hydrogens (tertiary/aromatic N) is 1. The lowest BCUT2D eigenvalue weighted by Crippen LogP contribution is -2.38. The molecule has 3 heteroatoms. The number of furan rings is 1. The molecule has 1 saturated heterocycles. The van der Waals surface area contributed by atoms with Crippen molar-refractivity contribution in [2.24, 2.45) is 0 Å². The standard InChI is InChI=1S/C13H19NO2/c1-2-11-5-3-4-8-14(11)9-12-6-7-13(10-15)16-12/h6-7,10-11H,2-5,8-9H2,1H3. The summed E-state index contributed by atoms with van der Waals surface area (Å²) in [5.41, 5.74) is 0. The molecule has 1 aliphatic heterocycles. The third-order valence-electron chi connectivity index (χ3n) is 3.38. The van der Waals surface area contributed by atoms with Gasteiger partial charge in [-0.15, -0.1) is 0 Å². The fraction of sp³-hybridized carbons (Fsp3) is 0.615. The van der Waals surface area contributed by atoms with Crippen molar-refractivity contribution in [3.63, 3.8) is 0 Å². The van der Waals surface area contributed by atoms with Crippen molar-refractivity contribution < 1.29 is 9.21 Å². The van der Waals surface area contributed by atoms with E-state index in [1.54, 1.807) is 6.07 Å². The Balaban J connectivity index is 1.98. The van der Waals surface area contributed by atoms with Crippen molar-refractivity contribution >= 4 is 6.29 Å². The Bertz CT molecular complexity index is 345. The van der Waals surface area contributed by atoms with Gasteiger partial charge in [-0.05, 0) is 37.9 Å². The maximum Gasteiger partial charge on any atom is 0.185 e. The van der Waals surface area contributed by atoms with Gasteiger partial charge < -0.3 is 4.42 Å². The average molecular weight is 221 g/mol. The highest BCUT2D eigenvalue weighted by Gasteiger charge is 2.21. The maximum absolute atomic E-state index is 10.5. The van der Waals surface area contributed by atoms with Gasteiger partial charge in [0.2, 0.25) is 0 Å². The first-order valence-electron chi connectivity index (χ1n) is 6.11. The molecule has 1 unspecified atom stereocenters. The second-order valence-corrected chi connectivity index (χ2v) is 4.45. The Morgan fingerprint density at radius 2 is 2.38 bits per heavy atom. The summed E-state index contributed by atoms with van der Waals surface area (Å²) < 4.78 is 5.42. The zero-order valence-corrected chi connectivity index (χ0v) is 9.82. The van der Waals surface area contributed by atoms with Crippen LogP contribution < -0.4 is 0 Å². The average Bonchev–Trinajstić information content (AvgIpc) is 2.77. The topological polar surface area (TPSA) is 33.5 Å². The van der Waals surface area contributed by atoms with Crippen molar-refractivity contribution in [3.8, 4) is 0 Å². The molecule has 0 saturated carbocycles. The van der Waals surface area contributed by atoms with Crippen LogP contribution in [0.3, 0.4) is 0 Å². The van der Waals surface area contributed by atoms with E-state index in [2.05, 4.69) is 11.8 Å². The SMILES string of the molecule is CCC1CCCCN1Cc1ccc(C=O)o1. The van der Waals surface area contributed by atoms with E-state index >= 15 is 0 Å². The van der Waals surface area contributed by atoms with Gasteiger partial charge in [0, 0.05) is 6.04 Å². The summed E-state index contributed by atoms with van der Waals surface area (Å²) in [6, 6.07) is 4.33. The summed E-state index contributed by atoms with van der Waals surface area (Å²) in [6.07, 6.45) is 5.86. The van der Waals surface area contributed by atoms with Crippen LogP contribution in [-0.4, -0.2) is 23.8 Å². The summed E-state index contributed by atoms with van der Waals surface area (Å²) in [5, 5.41) is 0. The van der Waals surface area contributed by atoms with Gasteiger partial charge in [-0.2, -0.15) is 0 Å². The number of piperidine rings is 1. The first kappa shape index (κ1) is 11.4. The molecular formula is C13H19NO2. The lowest BCUT2D eigenvalue weighted by atomic mass is 10.00. The van der Waals surface area contributed by atoms with Crippen molar-refractivity contribution in [3.05, 3.63) is 23.7 Å². The van der Waals surface area contributed by atoms with Crippen LogP contribution in [0.2, 0.25) is 0 Å². The van der Waals surface area contributed by atoms with E-state index in [9.17, 15) is 4.79 Å². The molecule has 0 spiro atoms. The summed E-state index contributed by atoms with van der Waals surface area (Å²) in [6.45, 7) is 4.23. The third kappa shape index (κ3) is 2.53. The van der Waals surface area contributed by atoms with Crippen LogP contribution in [0.4, 0.5) is 0 Å². The van der Waals surface area contributed by atoms with E-state index in [4.69, 9.17) is 4.42 Å². The Labute approximate surface area is 96.4 Å². The van der Waals surface area contributed by atoms with Crippen molar-refractivity contribution in [2.45, 2.75) is 45.2 Å². The van der Waals surface area contributed by atoms with E-state index in [1.165, 1.54) is 25.7 Å². The molecule has 16 heavy (non-hydrogen) atoms. The van der Waals surface area contributed by atoms with Gasteiger partial charge in [-0.25, -0.2) is 0 Å². The number of carbonyl (C=O) groups is 1. The number of carbonyl (C=O) groups excluding carboxylic acids is 1. The van der Waals surface area contributed by atoms with E-state index in [-0.39, 0.29) is 0 Å². The zero-order valence-electron chi connectivity index (χ0n) is 9.82. The zero-order chi connectivity index (χ0) is 11.4. The fourth-order valence-corrected chi connectivity index (χ4v) is 2.47. The third-order valence-corrected chi connectivity index (χ3v) is 3.38. The highest BCUT2D eigenvalue weighted by atomic mass is 16.3. The molecule has 0 aromatic carbocycles. The minimum Gasteiger partial charge on any atom is -0.457 e. The largest absolute Gasteiger partial charge is 0.457 e.